The SMILES string of the molecule is CCC1C=C(C)CC(C)CC(OC)C2OC(O)(C(=O)C(=O)N3CCCCC3C(=O)OC(C(C)=CC3CCC(N(C)c4ccc5c(ccn5Cc5ccccc5)c4)C(OC)C3)C(C)C(O)CC1=O)C(C)CC2OC. The number of aliphatic hydroxyl groups is 2. The number of cyclic esters (lactones) is 1. The van der Waals surface area contributed by atoms with Crippen molar-refractivity contribution in [2.75, 3.05) is 39.8 Å². The van der Waals surface area contributed by atoms with Crippen molar-refractivity contribution in [3.05, 3.63) is 89.7 Å². The topological polar surface area (TPSA) is 166 Å². The second-order valence-corrected chi connectivity index (χ2v) is 21.9. The number of piperidine rings is 1. The molecule has 1 amide bonds. The summed E-state index contributed by atoms with van der Waals surface area (Å²) < 4.78 is 33.1. The monoisotopic (exact) mass is 1010 g/mol. The number of anilines is 1. The minimum atomic E-state index is -2.51. The van der Waals surface area contributed by atoms with Gasteiger partial charge in [0, 0.05) is 88.4 Å². The van der Waals surface area contributed by atoms with Gasteiger partial charge in [0.25, 0.3) is 11.7 Å². The van der Waals surface area contributed by atoms with Crippen LogP contribution in [0.15, 0.2) is 84.1 Å². The number of hydrogen-bond acceptors (Lipinski definition) is 12. The van der Waals surface area contributed by atoms with Crippen LogP contribution in [-0.4, -0.2) is 133 Å². The molecular formula is C59H83N3O11. The van der Waals surface area contributed by atoms with E-state index in [1.54, 1.807) is 35.2 Å². The number of amides is 1. The van der Waals surface area contributed by atoms with Crippen LogP contribution in [0.1, 0.15) is 118 Å². The highest BCUT2D eigenvalue weighted by Crippen LogP contribution is 2.40. The number of nitrogens with zero attached hydrogens (tertiary/aromatic N) is 3. The van der Waals surface area contributed by atoms with E-state index in [0.717, 1.165) is 36.2 Å². The largest absolute Gasteiger partial charge is 0.456 e. The van der Waals surface area contributed by atoms with Gasteiger partial charge in [0.2, 0.25) is 5.79 Å². The van der Waals surface area contributed by atoms with E-state index in [2.05, 4.69) is 84.2 Å². The molecule has 14 nitrogen and oxygen atoms in total. The first-order chi connectivity index (χ1) is 34.9. The Labute approximate surface area is 433 Å². The van der Waals surface area contributed by atoms with Crippen LogP contribution in [0.5, 0.6) is 0 Å². The number of hydrogen-bond donors (Lipinski definition) is 2. The summed E-state index contributed by atoms with van der Waals surface area (Å²) in [5, 5.41) is 25.3. The number of aromatic nitrogens is 1. The molecule has 0 spiro atoms. The van der Waals surface area contributed by atoms with E-state index in [9.17, 15) is 29.4 Å². The van der Waals surface area contributed by atoms with Gasteiger partial charge in [0.15, 0.2) is 0 Å². The maximum atomic E-state index is 14.7. The summed E-state index contributed by atoms with van der Waals surface area (Å²) in [4.78, 5) is 61.2. The van der Waals surface area contributed by atoms with Crippen LogP contribution in [-0.2, 0) is 49.4 Å². The van der Waals surface area contributed by atoms with Crippen LogP contribution in [0.3, 0.4) is 0 Å². The zero-order chi connectivity index (χ0) is 52.7. The summed E-state index contributed by atoms with van der Waals surface area (Å²) in [5.74, 6) is -7.43. The second kappa shape index (κ2) is 24.8. The van der Waals surface area contributed by atoms with E-state index >= 15 is 0 Å². The normalized spacial score (nSPS) is 33.9. The molecule has 1 aliphatic carbocycles. The van der Waals surface area contributed by atoms with Gasteiger partial charge in [-0.3, -0.25) is 14.4 Å². The van der Waals surface area contributed by atoms with Gasteiger partial charge in [-0.2, -0.15) is 0 Å². The molecule has 2 N–H and O–H groups in total. The predicted molar refractivity (Wildman–Crippen MR) is 282 cm³/mol. The van der Waals surface area contributed by atoms with Gasteiger partial charge in [-0.1, -0.05) is 75.8 Å². The predicted octanol–water partition coefficient (Wildman–Crippen LogP) is 8.62. The third kappa shape index (κ3) is 12.7. The maximum absolute atomic E-state index is 14.7. The summed E-state index contributed by atoms with van der Waals surface area (Å²) in [5.41, 5.74) is 5.24. The number of allylic oxidation sites excluding steroid dienone is 3. The molecule has 14 atom stereocenters. The molecule has 14 heteroatoms. The average Bonchev–Trinajstić information content (AvgIpc) is 3.79. The number of ether oxygens (including phenoxy) is 5. The highest BCUT2D eigenvalue weighted by molar-refractivity contribution is 6.39. The molecule has 3 aliphatic heterocycles. The summed E-state index contributed by atoms with van der Waals surface area (Å²) in [6.45, 7) is 12.3. The van der Waals surface area contributed by atoms with Crippen LogP contribution < -0.4 is 4.90 Å². The fourth-order valence-electron chi connectivity index (χ4n) is 12.4. The summed E-state index contributed by atoms with van der Waals surface area (Å²) in [7, 11) is 6.96. The lowest BCUT2D eigenvalue weighted by atomic mass is 9.80. The van der Waals surface area contributed by atoms with Crippen molar-refractivity contribution in [2.45, 2.75) is 173 Å². The van der Waals surface area contributed by atoms with Gasteiger partial charge >= 0.3 is 5.97 Å². The number of ketones is 2. The Morgan fingerprint density at radius 1 is 0.890 bits per heavy atom. The lowest BCUT2D eigenvalue weighted by Crippen LogP contribution is -2.64. The van der Waals surface area contributed by atoms with E-state index in [0.29, 0.717) is 38.5 Å². The van der Waals surface area contributed by atoms with Gasteiger partial charge in [-0.15, -0.1) is 0 Å². The van der Waals surface area contributed by atoms with Crippen LogP contribution in [0.2, 0.25) is 0 Å². The molecule has 2 bridgehead atoms. The number of aliphatic hydroxyl groups excluding tert-OH is 1. The molecule has 0 radical (unpaired) electrons. The first-order valence-corrected chi connectivity index (χ1v) is 26.9. The molecular weight excluding hydrogens is 927 g/mol. The molecule has 7 rings (SSSR count). The van der Waals surface area contributed by atoms with Gasteiger partial charge in [0.05, 0.1) is 30.5 Å². The molecule has 4 aliphatic rings. The van der Waals surface area contributed by atoms with Crippen molar-refractivity contribution >= 4 is 40.0 Å². The minimum Gasteiger partial charge on any atom is -0.456 e. The number of likely N-dealkylation sites (N-methyl/N-ethyl adjacent to an activating group) is 1. The number of carbonyl (C=O) groups is 4. The zero-order valence-electron chi connectivity index (χ0n) is 45.0. The molecule has 3 aromatic rings. The quantitative estimate of drug-likeness (QED) is 0.113. The standard InChI is InChI=1S/C59H83N3O11/c1-11-43-28-36(2)27-37(3)29-52(70-9)55-53(71-10)31-39(5)59(68,73-55)56(65)57(66)62-25-16-15-19-48(62)58(67)72-54(40(6)49(63)34-50(43)64)38(4)30-42-20-22-47(51(32-42)69-8)60(7)45-21-23-46-44(33-45)24-26-61(46)35-41-17-13-12-14-18-41/h12-14,17-18,21,23-24,26,28,30,33,37,39-40,42-43,47-49,51-55,63,68H,11,15-16,19-20,22,25,27,29,31-32,34-35H2,1-10H3. The number of carbonyl (C=O) groups excluding carboxylic acids is 4. The molecule has 1 saturated carbocycles. The van der Waals surface area contributed by atoms with Crippen LogP contribution in [0.25, 0.3) is 10.9 Å². The highest BCUT2D eigenvalue weighted by atomic mass is 16.7. The highest BCUT2D eigenvalue weighted by Gasteiger charge is 2.56. The van der Waals surface area contributed by atoms with Crippen LogP contribution in [0.4, 0.5) is 5.69 Å². The van der Waals surface area contributed by atoms with Gasteiger partial charge in [-0.25, -0.2) is 4.79 Å². The van der Waals surface area contributed by atoms with Crippen molar-refractivity contribution in [1.29, 1.82) is 0 Å². The molecule has 1 aromatic heterocycles. The van der Waals surface area contributed by atoms with Gasteiger partial charge < -0.3 is 48.3 Å². The fraction of sp³-hybridized carbons (Fsp3) is 0.627. The van der Waals surface area contributed by atoms with E-state index in [1.165, 1.54) is 21.4 Å². The van der Waals surface area contributed by atoms with E-state index in [-0.39, 0.29) is 55.6 Å². The van der Waals surface area contributed by atoms with Crippen LogP contribution >= 0.6 is 0 Å². The van der Waals surface area contributed by atoms with Crippen LogP contribution in [0, 0.1) is 29.6 Å². The number of esters is 1. The Morgan fingerprint density at radius 2 is 1.60 bits per heavy atom. The van der Waals surface area contributed by atoms with E-state index in [4.69, 9.17) is 23.7 Å². The molecule has 2 saturated heterocycles. The Kier molecular flexibility index (Phi) is 19.0. The average molecular weight is 1010 g/mol. The van der Waals surface area contributed by atoms with E-state index in [1.807, 2.05) is 32.9 Å². The second-order valence-electron chi connectivity index (χ2n) is 21.9. The maximum Gasteiger partial charge on any atom is 0.329 e. The van der Waals surface area contributed by atoms with Gasteiger partial charge in [0.1, 0.15) is 24.0 Å². The number of methoxy groups -OCH3 is 3. The van der Waals surface area contributed by atoms with Crippen molar-refractivity contribution in [3.63, 3.8) is 0 Å². The Morgan fingerprint density at radius 3 is 2.30 bits per heavy atom. The first kappa shape index (κ1) is 56.0. The van der Waals surface area contributed by atoms with E-state index < -0.39 is 77.8 Å². The smallest absolute Gasteiger partial charge is 0.329 e. The zero-order valence-corrected chi connectivity index (χ0v) is 45.0. The molecule has 14 unspecified atom stereocenters. The third-order valence-corrected chi connectivity index (χ3v) is 16.7. The first-order valence-electron chi connectivity index (χ1n) is 26.9. The summed E-state index contributed by atoms with van der Waals surface area (Å²) >= 11 is 0. The molecule has 73 heavy (non-hydrogen) atoms. The van der Waals surface area contributed by atoms with Crippen molar-refractivity contribution in [1.82, 2.24) is 9.47 Å². The van der Waals surface area contributed by atoms with Gasteiger partial charge in [-0.05, 0) is 125 Å². The fourth-order valence-corrected chi connectivity index (χ4v) is 12.4. The lowest BCUT2D eigenvalue weighted by molar-refractivity contribution is -0.302. The molecule has 3 fully saturated rings. The third-order valence-electron chi connectivity index (χ3n) is 16.7. The minimum absolute atomic E-state index is 0.0295. The van der Waals surface area contributed by atoms with Crippen molar-refractivity contribution in [2.24, 2.45) is 29.6 Å². The number of benzene rings is 2. The van der Waals surface area contributed by atoms with Crippen molar-refractivity contribution < 1.29 is 53.1 Å². The Balaban J connectivity index is 1.15. The number of rotatable bonds is 10. The molecule has 2 aromatic carbocycles. The van der Waals surface area contributed by atoms with Crippen molar-refractivity contribution in [3.8, 4) is 0 Å². The number of fused-ring (bicyclic) bond motifs is 4. The number of Topliss-reactive ketones (excluding diaryl/α,β-unsaturated/α-hetero) is 2. The molecule has 4 heterocycles. The Hall–Kier alpha value is -4.70. The Bertz CT molecular complexity index is 2430. The summed E-state index contributed by atoms with van der Waals surface area (Å²) in [6.07, 6.45) is 7.39. The summed E-state index contributed by atoms with van der Waals surface area (Å²) in [6, 6.07) is 18.2. The lowest BCUT2D eigenvalue weighted by Gasteiger charge is -2.47. The molecule has 400 valence electrons.